The molecule has 6 rings (SSSR count). The van der Waals surface area contributed by atoms with Crippen LogP contribution in [0.25, 0.3) is 11.4 Å². The number of rotatable bonds is 9. The monoisotopic (exact) mass is 661 g/mol. The third kappa shape index (κ3) is 5.54. The number of pyridine rings is 1. The number of benzene rings is 2. The fourth-order valence-electron chi connectivity index (χ4n) is 5.26. The van der Waals surface area contributed by atoms with E-state index in [1.165, 1.54) is 35.1 Å². The normalized spacial score (nSPS) is 16.1. The minimum Gasteiger partial charge on any atom is -0.505 e. The molecule has 10 nitrogen and oxygen atoms in total. The van der Waals surface area contributed by atoms with E-state index < -0.39 is 17.7 Å². The Morgan fingerprint density at radius 1 is 1.09 bits per heavy atom. The van der Waals surface area contributed by atoms with Gasteiger partial charge in [0.25, 0.3) is 5.78 Å². The molecule has 230 valence electrons. The Bertz CT molecular complexity index is 1990. The first-order valence-electron chi connectivity index (χ1n) is 14.0. The number of carbonyl (C=O) groups is 2. The molecule has 1 unspecified atom stereocenters. The molecule has 0 spiro atoms. The number of hydrogen-bond donors (Lipinski definition) is 1. The van der Waals surface area contributed by atoms with Crippen molar-refractivity contribution in [3.05, 3.63) is 99.5 Å². The Morgan fingerprint density at radius 2 is 1.89 bits per heavy atom. The van der Waals surface area contributed by atoms with Crippen LogP contribution < -0.4 is 14.4 Å². The molecule has 1 N–H and O–H groups in total. The van der Waals surface area contributed by atoms with Gasteiger partial charge in [-0.2, -0.15) is 0 Å². The molecule has 45 heavy (non-hydrogen) atoms. The van der Waals surface area contributed by atoms with Gasteiger partial charge in [0.1, 0.15) is 11.3 Å². The molecule has 3 aromatic heterocycles. The lowest BCUT2D eigenvalue weighted by molar-refractivity contribution is -0.132. The minimum absolute atomic E-state index is 0.115. The van der Waals surface area contributed by atoms with Gasteiger partial charge in [-0.3, -0.25) is 14.5 Å². The third-order valence-electron chi connectivity index (χ3n) is 7.47. The van der Waals surface area contributed by atoms with Crippen molar-refractivity contribution in [3.8, 4) is 11.5 Å². The van der Waals surface area contributed by atoms with Crippen molar-refractivity contribution in [2.45, 2.75) is 36.9 Å². The summed E-state index contributed by atoms with van der Waals surface area (Å²) in [5, 5.41) is 21.2. The molecule has 4 heterocycles. The summed E-state index contributed by atoms with van der Waals surface area (Å²) in [4.78, 5) is 33.5. The predicted octanol–water partition coefficient (Wildman–Crippen LogP) is 6.78. The van der Waals surface area contributed by atoms with Gasteiger partial charge < -0.3 is 19.0 Å². The van der Waals surface area contributed by atoms with Crippen molar-refractivity contribution in [1.29, 1.82) is 0 Å². The molecular weight excluding hydrogens is 634 g/mol. The Balaban J connectivity index is 1.47. The van der Waals surface area contributed by atoms with Crippen LogP contribution in [-0.4, -0.2) is 50.1 Å². The first-order chi connectivity index (χ1) is 21.7. The van der Waals surface area contributed by atoms with E-state index in [1.54, 1.807) is 25.1 Å². The standard InChI is InChI=1S/C32H28ClN5O5S2/c1-5-43-22-13-12-19(15-23(22)42-4)26-24(27(39)25-18(3)37-14-8-9-17(2)29(37)34-25)28(40)30(41)38(26)31-35-36-32(45-31)44-16-20-10-6-7-11-21(20)33/h6-15,26,39H,5,16H2,1-4H3/b27-24+. The van der Waals surface area contributed by atoms with Gasteiger partial charge in [-0.15, -0.1) is 10.2 Å². The average molecular weight is 662 g/mol. The van der Waals surface area contributed by atoms with Gasteiger partial charge in [0.2, 0.25) is 5.13 Å². The molecule has 0 aliphatic carbocycles. The summed E-state index contributed by atoms with van der Waals surface area (Å²) in [6, 6.07) is 15.4. The van der Waals surface area contributed by atoms with E-state index in [-0.39, 0.29) is 22.2 Å². The number of aromatic nitrogens is 4. The van der Waals surface area contributed by atoms with Gasteiger partial charge in [0.05, 0.1) is 31.0 Å². The zero-order chi connectivity index (χ0) is 31.8. The van der Waals surface area contributed by atoms with Crippen LogP contribution in [0.4, 0.5) is 5.13 Å². The van der Waals surface area contributed by atoms with Gasteiger partial charge >= 0.3 is 5.91 Å². The maximum Gasteiger partial charge on any atom is 0.301 e. The van der Waals surface area contributed by atoms with E-state index in [4.69, 9.17) is 21.1 Å². The number of amides is 1. The van der Waals surface area contributed by atoms with Crippen molar-refractivity contribution in [1.82, 2.24) is 19.6 Å². The van der Waals surface area contributed by atoms with Crippen LogP contribution in [0.1, 0.15) is 41.0 Å². The molecule has 2 aromatic carbocycles. The number of aliphatic hydroxyl groups excluding tert-OH is 1. The van der Waals surface area contributed by atoms with Gasteiger partial charge in [-0.05, 0) is 61.7 Å². The number of methoxy groups -OCH3 is 1. The molecule has 0 saturated carbocycles. The summed E-state index contributed by atoms with van der Waals surface area (Å²) in [5.41, 5.74) is 3.68. The molecule has 0 bridgehead atoms. The number of thioether (sulfide) groups is 1. The highest BCUT2D eigenvalue weighted by Crippen LogP contribution is 2.46. The van der Waals surface area contributed by atoms with Crippen molar-refractivity contribution in [3.63, 3.8) is 0 Å². The minimum atomic E-state index is -1.05. The SMILES string of the molecule is CCOc1ccc(C2/C(=C(\O)c3nc4c(C)cccn4c3C)C(=O)C(=O)N2c2nnc(SCc3ccccc3Cl)s2)cc1OC. The number of aliphatic hydroxyl groups is 1. The Morgan fingerprint density at radius 3 is 2.62 bits per heavy atom. The maximum absolute atomic E-state index is 13.8. The molecule has 1 fully saturated rings. The summed E-state index contributed by atoms with van der Waals surface area (Å²) in [5.74, 6) is -0.634. The van der Waals surface area contributed by atoms with E-state index in [1.807, 2.05) is 60.8 Å². The second-order valence-electron chi connectivity index (χ2n) is 10.2. The second-order valence-corrected chi connectivity index (χ2v) is 12.8. The van der Waals surface area contributed by atoms with E-state index in [0.717, 1.165) is 11.1 Å². The molecule has 0 radical (unpaired) electrons. The van der Waals surface area contributed by atoms with E-state index >= 15 is 0 Å². The highest BCUT2D eigenvalue weighted by molar-refractivity contribution is 8.00. The number of imidazole rings is 1. The lowest BCUT2D eigenvalue weighted by Gasteiger charge is -2.23. The fourth-order valence-corrected chi connectivity index (χ4v) is 7.41. The van der Waals surface area contributed by atoms with Crippen LogP contribution in [0.3, 0.4) is 0 Å². The maximum atomic E-state index is 13.8. The zero-order valence-corrected chi connectivity index (χ0v) is 27.2. The van der Waals surface area contributed by atoms with E-state index in [9.17, 15) is 14.7 Å². The number of aryl methyl sites for hydroxylation is 2. The molecule has 1 amide bonds. The zero-order valence-electron chi connectivity index (χ0n) is 24.8. The molecule has 13 heteroatoms. The molecule has 5 aromatic rings. The number of ether oxygens (including phenoxy) is 2. The van der Waals surface area contributed by atoms with Crippen LogP contribution >= 0.6 is 34.7 Å². The summed E-state index contributed by atoms with van der Waals surface area (Å²) in [6.45, 7) is 5.98. The smallest absolute Gasteiger partial charge is 0.301 e. The third-order valence-corrected chi connectivity index (χ3v) is 9.94. The first-order valence-corrected chi connectivity index (χ1v) is 16.2. The predicted molar refractivity (Wildman–Crippen MR) is 175 cm³/mol. The number of Topliss-reactive ketones (excluding diaryl/α,β-unsaturated/α-hetero) is 1. The average Bonchev–Trinajstić information content (AvgIpc) is 3.72. The lowest BCUT2D eigenvalue weighted by Crippen LogP contribution is -2.29. The molecule has 1 aliphatic rings. The summed E-state index contributed by atoms with van der Waals surface area (Å²) in [6.07, 6.45) is 1.83. The Kier molecular flexibility index (Phi) is 8.54. The van der Waals surface area contributed by atoms with Crippen LogP contribution in [-0.2, 0) is 15.3 Å². The quantitative estimate of drug-likeness (QED) is 0.0599. The Hall–Kier alpha value is -4.39. The molecule has 1 aliphatic heterocycles. The fraction of sp³-hybridized carbons (Fsp3) is 0.219. The van der Waals surface area contributed by atoms with Gasteiger partial charge in [0.15, 0.2) is 21.6 Å². The van der Waals surface area contributed by atoms with Gasteiger partial charge in [-0.25, -0.2) is 4.98 Å². The number of fused-ring (bicyclic) bond motifs is 1. The number of halogens is 1. The summed E-state index contributed by atoms with van der Waals surface area (Å²) < 4.78 is 13.7. The van der Waals surface area contributed by atoms with Crippen molar-refractivity contribution < 1.29 is 24.2 Å². The highest BCUT2D eigenvalue weighted by atomic mass is 35.5. The number of carbonyl (C=O) groups excluding carboxylic acids is 2. The lowest BCUT2D eigenvalue weighted by atomic mass is 9.96. The Labute approximate surface area is 272 Å². The van der Waals surface area contributed by atoms with E-state index in [2.05, 4.69) is 15.2 Å². The van der Waals surface area contributed by atoms with Crippen LogP contribution in [0.2, 0.25) is 5.02 Å². The summed E-state index contributed by atoms with van der Waals surface area (Å²) >= 11 is 8.91. The first kappa shape index (κ1) is 30.6. The molecular formula is C32H28ClN5O5S2. The molecule has 1 saturated heterocycles. The number of anilines is 1. The second kappa shape index (κ2) is 12.5. The van der Waals surface area contributed by atoms with Gasteiger partial charge in [-0.1, -0.05) is 65.0 Å². The number of hydrogen-bond acceptors (Lipinski definition) is 10. The highest BCUT2D eigenvalue weighted by Gasteiger charge is 2.49. The van der Waals surface area contributed by atoms with Crippen molar-refractivity contribution in [2.24, 2.45) is 0 Å². The van der Waals surface area contributed by atoms with Gasteiger partial charge in [0, 0.05) is 17.0 Å². The number of ketones is 1. The van der Waals surface area contributed by atoms with Crippen LogP contribution in [0, 0.1) is 13.8 Å². The largest absolute Gasteiger partial charge is 0.505 e. The summed E-state index contributed by atoms with van der Waals surface area (Å²) in [7, 11) is 1.51. The van der Waals surface area contributed by atoms with Crippen LogP contribution in [0.15, 0.2) is 70.7 Å². The number of nitrogens with zero attached hydrogens (tertiary/aromatic N) is 5. The topological polar surface area (TPSA) is 119 Å². The van der Waals surface area contributed by atoms with Crippen molar-refractivity contribution in [2.75, 3.05) is 18.6 Å². The molecule has 1 atom stereocenters. The van der Waals surface area contributed by atoms with Crippen LogP contribution in [0.5, 0.6) is 11.5 Å². The van der Waals surface area contributed by atoms with E-state index in [0.29, 0.717) is 50.1 Å². The van der Waals surface area contributed by atoms with Crippen molar-refractivity contribution >= 4 is 62.9 Å².